The van der Waals surface area contributed by atoms with E-state index in [0.717, 1.165) is 26.1 Å². The van der Waals surface area contributed by atoms with Gasteiger partial charge < -0.3 is 4.90 Å². The van der Waals surface area contributed by atoms with Gasteiger partial charge in [-0.25, -0.2) is 0 Å². The molecule has 0 aliphatic carbocycles. The number of carbonyl (C=O) groups excluding carboxylic acids is 1. The maximum Gasteiger partial charge on any atom is 0.223 e. The zero-order valence-electron chi connectivity index (χ0n) is 17.5. The average molecular weight is 400 g/mol. The van der Waals surface area contributed by atoms with Crippen LogP contribution < -0.4 is 0 Å². The predicted octanol–water partition coefficient (Wildman–Crippen LogP) is 4.34. The Hall–Kier alpha value is -2.98. The maximum atomic E-state index is 13.3. The van der Waals surface area contributed by atoms with E-state index < -0.39 is 0 Å². The third kappa shape index (κ3) is 4.95. The lowest BCUT2D eigenvalue weighted by Gasteiger charge is -2.27. The molecule has 1 amide bonds. The molecule has 1 aromatic heterocycles. The van der Waals surface area contributed by atoms with Crippen LogP contribution in [-0.4, -0.2) is 46.9 Å². The quantitative estimate of drug-likeness (QED) is 0.593. The summed E-state index contributed by atoms with van der Waals surface area (Å²) in [6.45, 7) is 2.86. The number of carbonyl (C=O) groups is 1. The molecule has 1 aliphatic rings. The summed E-state index contributed by atoms with van der Waals surface area (Å²) in [6, 6.07) is 25.1. The summed E-state index contributed by atoms with van der Waals surface area (Å²) in [5, 5.41) is 0. The molecule has 4 rings (SSSR count). The molecule has 1 unspecified atom stereocenters. The number of likely N-dealkylation sites (tertiary alicyclic amines) is 1. The molecule has 1 atom stereocenters. The molecule has 1 aliphatic heterocycles. The van der Waals surface area contributed by atoms with Crippen molar-refractivity contribution < 1.29 is 4.79 Å². The van der Waals surface area contributed by atoms with Crippen molar-refractivity contribution in [2.45, 2.75) is 31.3 Å². The first-order chi connectivity index (χ1) is 14.7. The molecule has 0 N–H and O–H groups in total. The van der Waals surface area contributed by atoms with Gasteiger partial charge in [-0.3, -0.25) is 14.7 Å². The minimum Gasteiger partial charge on any atom is -0.341 e. The normalized spacial score (nSPS) is 16.7. The molecule has 30 heavy (non-hydrogen) atoms. The Morgan fingerprint density at radius 2 is 1.60 bits per heavy atom. The van der Waals surface area contributed by atoms with Crippen LogP contribution in [0.1, 0.15) is 35.4 Å². The molecule has 1 fully saturated rings. The van der Waals surface area contributed by atoms with Crippen molar-refractivity contribution in [3.63, 3.8) is 0 Å². The largest absolute Gasteiger partial charge is 0.341 e. The molecule has 3 aromatic rings. The fourth-order valence-corrected chi connectivity index (χ4v) is 4.34. The Morgan fingerprint density at radius 1 is 1.00 bits per heavy atom. The highest BCUT2D eigenvalue weighted by Gasteiger charge is 2.30. The van der Waals surface area contributed by atoms with Gasteiger partial charge in [0.05, 0.1) is 0 Å². The first-order valence-corrected chi connectivity index (χ1v) is 10.7. The van der Waals surface area contributed by atoms with Crippen molar-refractivity contribution in [2.24, 2.45) is 0 Å². The maximum absolute atomic E-state index is 13.3. The molecule has 4 nitrogen and oxygen atoms in total. The highest BCUT2D eigenvalue weighted by Crippen LogP contribution is 2.29. The predicted molar refractivity (Wildman–Crippen MR) is 120 cm³/mol. The molecule has 4 heteroatoms. The van der Waals surface area contributed by atoms with E-state index in [-0.39, 0.29) is 17.9 Å². The first-order valence-electron chi connectivity index (χ1n) is 10.7. The fourth-order valence-electron chi connectivity index (χ4n) is 4.34. The summed E-state index contributed by atoms with van der Waals surface area (Å²) in [6.07, 6.45) is 5.19. The van der Waals surface area contributed by atoms with Gasteiger partial charge in [-0.15, -0.1) is 0 Å². The van der Waals surface area contributed by atoms with Crippen LogP contribution in [0.3, 0.4) is 0 Å². The van der Waals surface area contributed by atoms with Gasteiger partial charge in [0.1, 0.15) is 0 Å². The minimum absolute atomic E-state index is 0.0803. The summed E-state index contributed by atoms with van der Waals surface area (Å²) in [5.41, 5.74) is 3.65. The highest BCUT2D eigenvalue weighted by atomic mass is 16.2. The van der Waals surface area contributed by atoms with Gasteiger partial charge in [0, 0.05) is 57.5 Å². The van der Waals surface area contributed by atoms with Crippen molar-refractivity contribution >= 4 is 5.91 Å². The highest BCUT2D eigenvalue weighted by molar-refractivity contribution is 5.78. The lowest BCUT2D eigenvalue weighted by molar-refractivity contribution is -0.132. The number of likely N-dealkylation sites (N-methyl/N-ethyl adjacent to an activating group) is 1. The van der Waals surface area contributed by atoms with E-state index in [2.05, 4.69) is 46.3 Å². The number of nitrogens with zero attached hydrogens (tertiary/aromatic N) is 3. The lowest BCUT2D eigenvalue weighted by atomic mass is 9.88. The Labute approximate surface area is 179 Å². The van der Waals surface area contributed by atoms with E-state index in [1.165, 1.54) is 16.7 Å². The standard InChI is InChI=1S/C26H29N3O/c1-28(24-14-17-29(20-24)19-21-12-15-27-16-13-21)26(30)18-25(22-8-4-2-5-9-22)23-10-6-3-7-11-23/h2-13,15-16,24-25H,14,17-20H2,1H3. The van der Waals surface area contributed by atoms with Crippen molar-refractivity contribution in [1.82, 2.24) is 14.8 Å². The zero-order chi connectivity index (χ0) is 20.8. The van der Waals surface area contributed by atoms with E-state index in [0.29, 0.717) is 6.42 Å². The van der Waals surface area contributed by atoms with Gasteiger partial charge in [-0.05, 0) is 35.2 Å². The Bertz CT molecular complexity index is 891. The number of benzene rings is 2. The smallest absolute Gasteiger partial charge is 0.223 e. The lowest BCUT2D eigenvalue weighted by Crippen LogP contribution is -2.39. The molecule has 0 saturated carbocycles. The van der Waals surface area contributed by atoms with E-state index in [1.54, 1.807) is 0 Å². The van der Waals surface area contributed by atoms with Crippen LogP contribution in [-0.2, 0) is 11.3 Å². The second kappa shape index (κ2) is 9.68. The molecule has 2 aromatic carbocycles. The van der Waals surface area contributed by atoms with E-state index in [4.69, 9.17) is 0 Å². The van der Waals surface area contributed by atoms with Crippen LogP contribution >= 0.6 is 0 Å². The van der Waals surface area contributed by atoms with Crippen LogP contribution in [0.15, 0.2) is 85.2 Å². The Balaban J connectivity index is 1.41. The number of rotatable bonds is 7. The van der Waals surface area contributed by atoms with Crippen LogP contribution in [0.4, 0.5) is 0 Å². The Kier molecular flexibility index (Phi) is 6.55. The monoisotopic (exact) mass is 399 g/mol. The van der Waals surface area contributed by atoms with Crippen LogP contribution in [0.5, 0.6) is 0 Å². The minimum atomic E-state index is 0.0803. The molecule has 0 spiro atoms. The molecule has 2 heterocycles. The zero-order valence-corrected chi connectivity index (χ0v) is 17.5. The molecule has 1 saturated heterocycles. The van der Waals surface area contributed by atoms with Crippen LogP contribution in [0, 0.1) is 0 Å². The molecule has 0 radical (unpaired) electrons. The number of pyridine rings is 1. The summed E-state index contributed by atoms with van der Waals surface area (Å²) in [5.74, 6) is 0.292. The second-order valence-corrected chi connectivity index (χ2v) is 8.12. The van der Waals surface area contributed by atoms with Gasteiger partial charge in [-0.2, -0.15) is 0 Å². The number of hydrogen-bond acceptors (Lipinski definition) is 3. The van der Waals surface area contributed by atoms with Gasteiger partial charge in [0.25, 0.3) is 0 Å². The van der Waals surface area contributed by atoms with Gasteiger partial charge in [0.15, 0.2) is 0 Å². The topological polar surface area (TPSA) is 36.4 Å². The van der Waals surface area contributed by atoms with Crippen molar-refractivity contribution in [1.29, 1.82) is 0 Å². The number of aromatic nitrogens is 1. The fraction of sp³-hybridized carbons (Fsp3) is 0.308. The SMILES string of the molecule is CN(C(=O)CC(c1ccccc1)c1ccccc1)C1CCN(Cc2ccncc2)C1. The number of amides is 1. The third-order valence-electron chi connectivity index (χ3n) is 6.13. The summed E-state index contributed by atoms with van der Waals surface area (Å²) in [4.78, 5) is 21.7. The van der Waals surface area contributed by atoms with E-state index in [9.17, 15) is 4.79 Å². The van der Waals surface area contributed by atoms with Crippen LogP contribution in [0.25, 0.3) is 0 Å². The summed E-state index contributed by atoms with van der Waals surface area (Å²) in [7, 11) is 1.97. The van der Waals surface area contributed by atoms with Crippen LogP contribution in [0.2, 0.25) is 0 Å². The first kappa shape index (κ1) is 20.3. The van der Waals surface area contributed by atoms with Gasteiger partial charge in [0.2, 0.25) is 5.91 Å². The molecule has 0 bridgehead atoms. The van der Waals surface area contributed by atoms with Gasteiger partial charge >= 0.3 is 0 Å². The Morgan fingerprint density at radius 3 is 2.20 bits per heavy atom. The van der Waals surface area contributed by atoms with E-state index >= 15 is 0 Å². The molecular formula is C26H29N3O. The van der Waals surface area contributed by atoms with Gasteiger partial charge in [-0.1, -0.05) is 60.7 Å². The van der Waals surface area contributed by atoms with Crippen molar-refractivity contribution in [3.05, 3.63) is 102 Å². The number of hydrogen-bond donors (Lipinski definition) is 0. The van der Waals surface area contributed by atoms with Crippen molar-refractivity contribution in [3.8, 4) is 0 Å². The summed E-state index contributed by atoms with van der Waals surface area (Å²) < 4.78 is 0. The van der Waals surface area contributed by atoms with Crippen molar-refractivity contribution in [2.75, 3.05) is 20.1 Å². The third-order valence-corrected chi connectivity index (χ3v) is 6.13. The van der Waals surface area contributed by atoms with E-state index in [1.807, 2.05) is 60.7 Å². The second-order valence-electron chi connectivity index (χ2n) is 8.12. The molecule has 154 valence electrons. The average Bonchev–Trinajstić information content (AvgIpc) is 3.27. The summed E-state index contributed by atoms with van der Waals surface area (Å²) >= 11 is 0. The molecular weight excluding hydrogens is 370 g/mol.